The third kappa shape index (κ3) is 4.63. The van der Waals surface area contributed by atoms with Crippen molar-refractivity contribution in [1.29, 1.82) is 0 Å². The average Bonchev–Trinajstić information content (AvgIpc) is 2.36. The van der Waals surface area contributed by atoms with E-state index in [0.717, 1.165) is 12.8 Å². The molecule has 19 heavy (non-hydrogen) atoms. The van der Waals surface area contributed by atoms with Gasteiger partial charge in [-0.05, 0) is 18.1 Å². The standard InChI is InChI=1S/C14H20ClNO3/c1-3-9(4-2)13(15)8-16-14(19)10-5-11(17)7-12(18)6-10/h5-7,9,13,17-18H,3-4,8H2,1-2H3,(H,16,19). The molecule has 4 nitrogen and oxygen atoms in total. The highest BCUT2D eigenvalue weighted by Crippen LogP contribution is 2.21. The molecule has 0 aliphatic carbocycles. The molecule has 0 aliphatic rings. The lowest BCUT2D eigenvalue weighted by Crippen LogP contribution is -2.33. The second-order valence-electron chi connectivity index (χ2n) is 4.54. The van der Waals surface area contributed by atoms with Gasteiger partial charge < -0.3 is 15.5 Å². The van der Waals surface area contributed by atoms with Crippen LogP contribution >= 0.6 is 11.6 Å². The first-order valence-corrected chi connectivity index (χ1v) is 6.86. The van der Waals surface area contributed by atoms with Crippen LogP contribution in [0.3, 0.4) is 0 Å². The molecule has 3 N–H and O–H groups in total. The molecule has 1 amide bonds. The number of phenolic OH excluding ortho intramolecular Hbond substituents is 2. The Morgan fingerprint density at radius 1 is 1.21 bits per heavy atom. The third-order valence-electron chi connectivity index (χ3n) is 3.18. The minimum absolute atomic E-state index is 0.121. The number of benzene rings is 1. The van der Waals surface area contributed by atoms with E-state index in [-0.39, 0.29) is 28.3 Å². The monoisotopic (exact) mass is 285 g/mol. The largest absolute Gasteiger partial charge is 0.508 e. The minimum Gasteiger partial charge on any atom is -0.508 e. The van der Waals surface area contributed by atoms with Crippen molar-refractivity contribution < 1.29 is 15.0 Å². The SMILES string of the molecule is CCC(CC)C(Cl)CNC(=O)c1cc(O)cc(O)c1. The molecular formula is C14H20ClNO3. The number of halogens is 1. The molecule has 0 spiro atoms. The zero-order chi connectivity index (χ0) is 14.4. The summed E-state index contributed by atoms with van der Waals surface area (Å²) in [5.74, 6) is -0.289. The van der Waals surface area contributed by atoms with Gasteiger partial charge in [-0.2, -0.15) is 0 Å². The summed E-state index contributed by atoms with van der Waals surface area (Å²) in [4.78, 5) is 11.9. The van der Waals surface area contributed by atoms with E-state index in [9.17, 15) is 15.0 Å². The smallest absolute Gasteiger partial charge is 0.251 e. The number of hydrogen-bond donors (Lipinski definition) is 3. The normalized spacial score (nSPS) is 12.4. The van der Waals surface area contributed by atoms with E-state index in [4.69, 9.17) is 11.6 Å². The number of nitrogens with one attached hydrogen (secondary N) is 1. The number of hydrogen-bond acceptors (Lipinski definition) is 3. The number of aromatic hydroxyl groups is 2. The summed E-state index contributed by atoms with van der Waals surface area (Å²) in [5, 5.41) is 21.2. The summed E-state index contributed by atoms with van der Waals surface area (Å²) in [6.07, 6.45) is 1.93. The Morgan fingerprint density at radius 3 is 2.21 bits per heavy atom. The van der Waals surface area contributed by atoms with Gasteiger partial charge in [-0.1, -0.05) is 26.7 Å². The first-order chi connectivity index (χ1) is 8.97. The fourth-order valence-corrected chi connectivity index (χ4v) is 2.42. The van der Waals surface area contributed by atoms with Gasteiger partial charge in [-0.3, -0.25) is 4.79 Å². The number of rotatable bonds is 6. The molecule has 0 bridgehead atoms. The predicted molar refractivity (Wildman–Crippen MR) is 75.8 cm³/mol. The Balaban J connectivity index is 2.60. The number of carbonyl (C=O) groups excluding carboxylic acids is 1. The maximum absolute atomic E-state index is 11.9. The summed E-state index contributed by atoms with van der Waals surface area (Å²) in [6, 6.07) is 3.77. The molecule has 1 rings (SSSR count). The first kappa shape index (κ1) is 15.6. The van der Waals surface area contributed by atoms with Crippen molar-refractivity contribution in [3.05, 3.63) is 23.8 Å². The predicted octanol–water partition coefficient (Wildman–Crippen LogP) is 2.87. The van der Waals surface area contributed by atoms with Crippen molar-refractivity contribution in [1.82, 2.24) is 5.32 Å². The summed E-state index contributed by atoms with van der Waals surface area (Å²) >= 11 is 6.23. The maximum atomic E-state index is 11.9. The molecule has 1 aromatic carbocycles. The Kier molecular flexibility index (Phi) is 5.96. The molecule has 1 unspecified atom stereocenters. The fraction of sp³-hybridized carbons (Fsp3) is 0.500. The van der Waals surface area contributed by atoms with Crippen molar-refractivity contribution in [3.8, 4) is 11.5 Å². The summed E-state index contributed by atoms with van der Waals surface area (Å²) in [7, 11) is 0. The van der Waals surface area contributed by atoms with Crippen molar-refractivity contribution in [2.24, 2.45) is 5.92 Å². The Labute approximate surface area is 118 Å². The van der Waals surface area contributed by atoms with Gasteiger partial charge in [0.2, 0.25) is 0 Å². The van der Waals surface area contributed by atoms with Crippen LogP contribution in [0.4, 0.5) is 0 Å². The summed E-state index contributed by atoms with van der Waals surface area (Å²) in [5.41, 5.74) is 0.214. The first-order valence-electron chi connectivity index (χ1n) is 6.43. The van der Waals surface area contributed by atoms with Crippen molar-refractivity contribution in [3.63, 3.8) is 0 Å². The van der Waals surface area contributed by atoms with Gasteiger partial charge >= 0.3 is 0 Å². The Bertz CT molecular complexity index is 412. The zero-order valence-corrected chi connectivity index (χ0v) is 11.9. The molecule has 0 radical (unpaired) electrons. The molecule has 0 aliphatic heterocycles. The van der Waals surface area contributed by atoms with Gasteiger partial charge in [-0.15, -0.1) is 11.6 Å². The van der Waals surface area contributed by atoms with E-state index in [1.54, 1.807) is 0 Å². The van der Waals surface area contributed by atoms with Crippen LogP contribution in [0, 0.1) is 5.92 Å². The molecule has 0 aromatic heterocycles. The van der Waals surface area contributed by atoms with E-state index in [2.05, 4.69) is 19.2 Å². The van der Waals surface area contributed by atoms with E-state index in [1.807, 2.05) is 0 Å². The number of carbonyl (C=O) groups is 1. The van der Waals surface area contributed by atoms with Crippen LogP contribution in [0.2, 0.25) is 0 Å². The molecule has 0 saturated heterocycles. The molecule has 0 heterocycles. The molecule has 106 valence electrons. The number of phenols is 2. The highest BCUT2D eigenvalue weighted by molar-refractivity contribution is 6.21. The van der Waals surface area contributed by atoms with Crippen LogP contribution in [0.15, 0.2) is 18.2 Å². The van der Waals surface area contributed by atoms with Gasteiger partial charge in [0.05, 0.1) is 5.38 Å². The summed E-state index contributed by atoms with van der Waals surface area (Å²) in [6.45, 7) is 4.50. The summed E-state index contributed by atoms with van der Waals surface area (Å²) < 4.78 is 0. The highest BCUT2D eigenvalue weighted by atomic mass is 35.5. The van der Waals surface area contributed by atoms with Gasteiger partial charge in [0.15, 0.2) is 0 Å². The zero-order valence-electron chi connectivity index (χ0n) is 11.2. The van der Waals surface area contributed by atoms with Crippen LogP contribution in [-0.2, 0) is 0 Å². The van der Waals surface area contributed by atoms with Crippen LogP contribution in [-0.4, -0.2) is 28.0 Å². The second kappa shape index (κ2) is 7.24. The lowest BCUT2D eigenvalue weighted by molar-refractivity contribution is 0.0950. The average molecular weight is 286 g/mol. The van der Waals surface area contributed by atoms with Crippen LogP contribution in [0.5, 0.6) is 11.5 Å². The maximum Gasteiger partial charge on any atom is 0.251 e. The Hall–Kier alpha value is -1.42. The Morgan fingerprint density at radius 2 is 1.74 bits per heavy atom. The fourth-order valence-electron chi connectivity index (χ4n) is 1.99. The van der Waals surface area contributed by atoms with Gasteiger partial charge in [0.25, 0.3) is 5.91 Å². The van der Waals surface area contributed by atoms with Crippen molar-refractivity contribution in [2.45, 2.75) is 32.1 Å². The van der Waals surface area contributed by atoms with Crippen molar-refractivity contribution >= 4 is 17.5 Å². The quantitative estimate of drug-likeness (QED) is 0.704. The topological polar surface area (TPSA) is 69.6 Å². The molecule has 1 atom stereocenters. The molecule has 5 heteroatoms. The van der Waals surface area contributed by atoms with E-state index >= 15 is 0 Å². The number of amides is 1. The van der Waals surface area contributed by atoms with Crippen LogP contribution in [0.25, 0.3) is 0 Å². The number of alkyl halides is 1. The van der Waals surface area contributed by atoms with Crippen LogP contribution < -0.4 is 5.32 Å². The lowest BCUT2D eigenvalue weighted by Gasteiger charge is -2.19. The molecular weight excluding hydrogens is 266 g/mol. The highest BCUT2D eigenvalue weighted by Gasteiger charge is 2.17. The third-order valence-corrected chi connectivity index (χ3v) is 3.69. The van der Waals surface area contributed by atoms with E-state index in [0.29, 0.717) is 12.5 Å². The molecule has 0 saturated carbocycles. The van der Waals surface area contributed by atoms with E-state index < -0.39 is 0 Å². The molecule has 1 aromatic rings. The van der Waals surface area contributed by atoms with Crippen LogP contribution in [0.1, 0.15) is 37.0 Å². The van der Waals surface area contributed by atoms with Gasteiger partial charge in [-0.25, -0.2) is 0 Å². The van der Waals surface area contributed by atoms with Crippen molar-refractivity contribution in [2.75, 3.05) is 6.54 Å². The lowest BCUT2D eigenvalue weighted by atomic mass is 9.99. The molecule has 0 fully saturated rings. The second-order valence-corrected chi connectivity index (χ2v) is 5.10. The van der Waals surface area contributed by atoms with E-state index in [1.165, 1.54) is 18.2 Å². The van der Waals surface area contributed by atoms with Gasteiger partial charge in [0.1, 0.15) is 11.5 Å². The minimum atomic E-state index is -0.359. The van der Waals surface area contributed by atoms with Gasteiger partial charge in [0, 0.05) is 18.2 Å².